The first-order valence-corrected chi connectivity index (χ1v) is 9.40. The fourth-order valence-electron chi connectivity index (χ4n) is 3.39. The van der Waals surface area contributed by atoms with Crippen LogP contribution >= 0.6 is 27.5 Å². The van der Waals surface area contributed by atoms with E-state index in [0.29, 0.717) is 17.0 Å². The molecule has 3 aromatic rings. The highest BCUT2D eigenvalue weighted by Gasteiger charge is 2.28. The van der Waals surface area contributed by atoms with E-state index in [1.165, 1.54) is 0 Å². The van der Waals surface area contributed by atoms with Gasteiger partial charge in [0.1, 0.15) is 6.54 Å². The quantitative estimate of drug-likeness (QED) is 0.561. The van der Waals surface area contributed by atoms with Crippen molar-refractivity contribution in [2.75, 3.05) is 6.54 Å². The second-order valence-corrected chi connectivity index (χ2v) is 7.67. The van der Waals surface area contributed by atoms with Gasteiger partial charge >= 0.3 is 5.97 Å². The van der Waals surface area contributed by atoms with E-state index in [0.717, 1.165) is 37.8 Å². The summed E-state index contributed by atoms with van der Waals surface area (Å²) in [7, 11) is 0. The van der Waals surface area contributed by atoms with E-state index in [1.54, 1.807) is 6.07 Å². The summed E-state index contributed by atoms with van der Waals surface area (Å²) in [6.07, 6.45) is 0.575. The van der Waals surface area contributed by atoms with Crippen molar-refractivity contribution in [3.63, 3.8) is 0 Å². The molecule has 0 fully saturated rings. The van der Waals surface area contributed by atoms with Crippen molar-refractivity contribution >= 4 is 61.5 Å². The SMILES string of the molecule is O=C(O)CNC(=O)C1=C(c2cc3cc(Cl)ccc3[nH]2)Cc2cc(Br)ccc21. The van der Waals surface area contributed by atoms with Crippen LogP contribution in [0.3, 0.4) is 0 Å². The lowest BCUT2D eigenvalue weighted by molar-refractivity contribution is -0.137. The number of amides is 1. The summed E-state index contributed by atoms with van der Waals surface area (Å²) in [5.74, 6) is -1.48. The zero-order valence-electron chi connectivity index (χ0n) is 14.0. The lowest BCUT2D eigenvalue weighted by Crippen LogP contribution is -2.30. The molecule has 27 heavy (non-hydrogen) atoms. The topological polar surface area (TPSA) is 82.2 Å². The summed E-state index contributed by atoms with van der Waals surface area (Å²) in [4.78, 5) is 27.0. The number of aromatic nitrogens is 1. The Balaban J connectivity index is 1.83. The zero-order chi connectivity index (χ0) is 19.1. The minimum atomic E-state index is -1.08. The minimum absolute atomic E-state index is 0.398. The molecule has 1 aliphatic carbocycles. The summed E-state index contributed by atoms with van der Waals surface area (Å²) in [6.45, 7) is -0.427. The third-order valence-corrected chi connectivity index (χ3v) is 5.27. The molecule has 1 aliphatic rings. The van der Waals surface area contributed by atoms with Crippen molar-refractivity contribution < 1.29 is 14.7 Å². The molecule has 7 heteroatoms. The third-order valence-electron chi connectivity index (χ3n) is 4.54. The lowest BCUT2D eigenvalue weighted by atomic mass is 10.0. The van der Waals surface area contributed by atoms with Crippen LogP contribution < -0.4 is 5.32 Å². The maximum Gasteiger partial charge on any atom is 0.322 e. The number of carbonyl (C=O) groups is 2. The van der Waals surface area contributed by atoms with E-state index >= 15 is 0 Å². The molecular weight excluding hydrogens is 432 g/mol. The molecule has 0 saturated heterocycles. The molecule has 1 amide bonds. The van der Waals surface area contributed by atoms with Crippen LogP contribution in [-0.4, -0.2) is 28.5 Å². The molecule has 0 aliphatic heterocycles. The van der Waals surface area contributed by atoms with E-state index in [4.69, 9.17) is 16.7 Å². The van der Waals surface area contributed by atoms with Gasteiger partial charge in [0, 0.05) is 32.5 Å². The number of carbonyl (C=O) groups excluding carboxylic acids is 1. The smallest absolute Gasteiger partial charge is 0.322 e. The number of nitrogens with one attached hydrogen (secondary N) is 2. The van der Waals surface area contributed by atoms with E-state index in [9.17, 15) is 9.59 Å². The molecule has 0 unspecified atom stereocenters. The normalized spacial score (nSPS) is 13.1. The Labute approximate surface area is 168 Å². The number of halogens is 2. The van der Waals surface area contributed by atoms with Crippen molar-refractivity contribution in [1.29, 1.82) is 0 Å². The standard InChI is InChI=1S/C20H14BrClN2O3/c21-12-1-3-14-10(5-12)7-15(19(14)20(27)23-9-18(25)26)17-8-11-6-13(22)2-4-16(11)24-17/h1-6,8,24H,7,9H2,(H,23,27)(H,25,26). The number of rotatable bonds is 4. The number of aliphatic carboxylic acids is 1. The number of allylic oxidation sites excluding steroid dienone is 1. The van der Waals surface area contributed by atoms with Gasteiger partial charge in [-0.1, -0.05) is 33.6 Å². The van der Waals surface area contributed by atoms with Crippen LogP contribution in [0.25, 0.3) is 22.0 Å². The highest BCUT2D eigenvalue weighted by molar-refractivity contribution is 9.10. The first-order chi connectivity index (χ1) is 12.9. The number of fused-ring (bicyclic) bond motifs is 2. The largest absolute Gasteiger partial charge is 0.480 e. The maximum absolute atomic E-state index is 12.8. The zero-order valence-corrected chi connectivity index (χ0v) is 16.3. The molecule has 5 nitrogen and oxygen atoms in total. The highest BCUT2D eigenvalue weighted by atomic mass is 79.9. The van der Waals surface area contributed by atoms with Crippen LogP contribution in [0, 0.1) is 0 Å². The average molecular weight is 446 g/mol. The van der Waals surface area contributed by atoms with Crippen LogP contribution in [0.2, 0.25) is 5.02 Å². The molecule has 0 radical (unpaired) electrons. The highest BCUT2D eigenvalue weighted by Crippen LogP contribution is 2.40. The Morgan fingerprint density at radius 1 is 1.19 bits per heavy atom. The molecule has 0 spiro atoms. The van der Waals surface area contributed by atoms with Crippen molar-refractivity contribution in [3.05, 3.63) is 68.8 Å². The van der Waals surface area contributed by atoms with Crippen molar-refractivity contribution in [1.82, 2.24) is 10.3 Å². The van der Waals surface area contributed by atoms with Crippen molar-refractivity contribution in [3.8, 4) is 0 Å². The second kappa shape index (κ2) is 6.87. The van der Waals surface area contributed by atoms with Crippen LogP contribution in [0.1, 0.15) is 16.8 Å². The monoisotopic (exact) mass is 444 g/mol. The van der Waals surface area contributed by atoms with Gasteiger partial charge in [-0.3, -0.25) is 9.59 Å². The number of carboxylic acids is 1. The lowest BCUT2D eigenvalue weighted by Gasteiger charge is -2.08. The van der Waals surface area contributed by atoms with Crippen molar-refractivity contribution in [2.24, 2.45) is 0 Å². The number of carboxylic acid groups (broad SMARTS) is 1. The van der Waals surface area contributed by atoms with E-state index in [2.05, 4.69) is 26.2 Å². The van der Waals surface area contributed by atoms with Gasteiger partial charge < -0.3 is 15.4 Å². The molecule has 0 atom stereocenters. The van der Waals surface area contributed by atoms with Gasteiger partial charge in [-0.25, -0.2) is 0 Å². The predicted octanol–water partition coefficient (Wildman–Crippen LogP) is 4.25. The molecule has 2 aromatic carbocycles. The fourth-order valence-corrected chi connectivity index (χ4v) is 3.98. The van der Waals surface area contributed by atoms with Crippen molar-refractivity contribution in [2.45, 2.75) is 6.42 Å². The molecule has 136 valence electrons. The van der Waals surface area contributed by atoms with Gasteiger partial charge in [0.05, 0.1) is 5.57 Å². The van der Waals surface area contributed by atoms with E-state index in [-0.39, 0.29) is 0 Å². The average Bonchev–Trinajstić information content (AvgIpc) is 3.19. The third kappa shape index (κ3) is 3.38. The number of H-pyrrole nitrogens is 1. The molecule has 3 N–H and O–H groups in total. The van der Waals surface area contributed by atoms with Gasteiger partial charge in [0.2, 0.25) is 0 Å². The van der Waals surface area contributed by atoms with E-state index < -0.39 is 18.4 Å². The summed E-state index contributed by atoms with van der Waals surface area (Å²) in [6, 6.07) is 13.2. The summed E-state index contributed by atoms with van der Waals surface area (Å²) in [5, 5.41) is 13.0. The Kier molecular flexibility index (Phi) is 4.53. The number of aromatic amines is 1. The maximum atomic E-state index is 12.8. The summed E-state index contributed by atoms with van der Waals surface area (Å²) in [5.41, 5.74) is 4.89. The second-order valence-electron chi connectivity index (χ2n) is 6.32. The van der Waals surface area contributed by atoms with Gasteiger partial charge in [0.15, 0.2) is 0 Å². The van der Waals surface area contributed by atoms with Gasteiger partial charge in [-0.2, -0.15) is 0 Å². The first kappa shape index (κ1) is 17.8. The Morgan fingerprint density at radius 2 is 2.00 bits per heavy atom. The molecule has 0 saturated carbocycles. The fraction of sp³-hybridized carbons (Fsp3) is 0.100. The molecule has 4 rings (SSSR count). The molecular formula is C20H14BrClN2O3. The van der Waals surface area contributed by atoms with Gasteiger partial charge in [-0.05, 0) is 53.1 Å². The number of hydrogen-bond donors (Lipinski definition) is 3. The van der Waals surface area contributed by atoms with Crippen LogP contribution in [0.15, 0.2) is 46.9 Å². The number of hydrogen-bond acceptors (Lipinski definition) is 2. The minimum Gasteiger partial charge on any atom is -0.480 e. The first-order valence-electron chi connectivity index (χ1n) is 8.23. The van der Waals surface area contributed by atoms with Crippen LogP contribution in [-0.2, 0) is 16.0 Å². The van der Waals surface area contributed by atoms with Gasteiger partial charge in [-0.15, -0.1) is 0 Å². The predicted molar refractivity (Wildman–Crippen MR) is 109 cm³/mol. The summed E-state index contributed by atoms with van der Waals surface area (Å²) < 4.78 is 0.927. The van der Waals surface area contributed by atoms with Gasteiger partial charge in [0.25, 0.3) is 5.91 Å². The molecule has 1 heterocycles. The summed E-state index contributed by atoms with van der Waals surface area (Å²) >= 11 is 9.54. The molecule has 1 aromatic heterocycles. The van der Waals surface area contributed by atoms with Crippen LogP contribution in [0.4, 0.5) is 0 Å². The Bertz CT molecular complexity index is 1130. The van der Waals surface area contributed by atoms with E-state index in [1.807, 2.05) is 36.4 Å². The number of benzene rings is 2. The Hall–Kier alpha value is -2.57. The van der Waals surface area contributed by atoms with Crippen LogP contribution in [0.5, 0.6) is 0 Å². The Morgan fingerprint density at radius 3 is 2.78 bits per heavy atom. The molecule has 0 bridgehead atoms.